The van der Waals surface area contributed by atoms with Gasteiger partial charge in [0.1, 0.15) is 18.7 Å². The third-order valence-corrected chi connectivity index (χ3v) is 1.80. The molecule has 2 rings (SSSR count). The second-order valence-electron chi connectivity index (χ2n) is 3.00. The lowest BCUT2D eigenvalue weighted by Gasteiger charge is -2.05. The molecule has 0 aromatic carbocycles. The van der Waals surface area contributed by atoms with Crippen molar-refractivity contribution < 1.29 is 9.90 Å². The fraction of sp³-hybridized carbons (Fsp3) is 0.250. The SMILES string of the molecule is Cc1cc(NCC(=O)O)n2ncnc2n1. The van der Waals surface area contributed by atoms with Crippen molar-refractivity contribution in [3.8, 4) is 0 Å². The van der Waals surface area contributed by atoms with Crippen molar-refractivity contribution in [2.24, 2.45) is 0 Å². The highest BCUT2D eigenvalue weighted by molar-refractivity contribution is 5.72. The first-order valence-electron chi connectivity index (χ1n) is 4.30. The van der Waals surface area contributed by atoms with Crippen LogP contribution in [0.2, 0.25) is 0 Å². The molecule has 78 valence electrons. The molecular formula is C8H9N5O2. The zero-order valence-electron chi connectivity index (χ0n) is 8.01. The quantitative estimate of drug-likeness (QED) is 0.731. The van der Waals surface area contributed by atoms with Crippen LogP contribution in [0.3, 0.4) is 0 Å². The molecule has 0 saturated carbocycles. The predicted molar refractivity (Wildman–Crippen MR) is 51.6 cm³/mol. The molecule has 7 heteroatoms. The molecule has 0 unspecified atom stereocenters. The fourth-order valence-corrected chi connectivity index (χ4v) is 1.22. The van der Waals surface area contributed by atoms with Gasteiger partial charge in [-0.3, -0.25) is 4.79 Å². The van der Waals surface area contributed by atoms with Gasteiger partial charge >= 0.3 is 5.97 Å². The number of aliphatic carboxylic acids is 1. The summed E-state index contributed by atoms with van der Waals surface area (Å²) in [5, 5.41) is 15.2. The molecule has 0 aliphatic carbocycles. The van der Waals surface area contributed by atoms with Gasteiger partial charge in [0.25, 0.3) is 5.78 Å². The van der Waals surface area contributed by atoms with Gasteiger partial charge in [-0.1, -0.05) is 0 Å². The average molecular weight is 207 g/mol. The van der Waals surface area contributed by atoms with Gasteiger partial charge in [-0.05, 0) is 6.92 Å². The number of nitrogens with one attached hydrogen (secondary N) is 1. The number of rotatable bonds is 3. The highest BCUT2D eigenvalue weighted by atomic mass is 16.4. The zero-order valence-corrected chi connectivity index (χ0v) is 8.01. The van der Waals surface area contributed by atoms with Crippen LogP contribution in [0.5, 0.6) is 0 Å². The van der Waals surface area contributed by atoms with Crippen LogP contribution in [0.1, 0.15) is 5.69 Å². The predicted octanol–water partition coefficient (Wildman–Crippen LogP) is -0.0708. The van der Waals surface area contributed by atoms with Gasteiger partial charge in [0.2, 0.25) is 0 Å². The van der Waals surface area contributed by atoms with Crippen LogP contribution >= 0.6 is 0 Å². The number of carboxylic acids is 1. The summed E-state index contributed by atoms with van der Waals surface area (Å²) in [5.41, 5.74) is 0.753. The summed E-state index contributed by atoms with van der Waals surface area (Å²) in [5.74, 6) is 0.0815. The Labute approximate surface area is 84.8 Å². The van der Waals surface area contributed by atoms with E-state index in [0.717, 1.165) is 5.69 Å². The molecule has 0 spiro atoms. The highest BCUT2D eigenvalue weighted by Crippen LogP contribution is 2.09. The first-order chi connectivity index (χ1) is 7.16. The number of carboxylic acid groups (broad SMARTS) is 1. The van der Waals surface area contributed by atoms with E-state index in [1.807, 2.05) is 0 Å². The molecule has 0 aliphatic heterocycles. The van der Waals surface area contributed by atoms with Crippen molar-refractivity contribution >= 4 is 17.6 Å². The van der Waals surface area contributed by atoms with Gasteiger partial charge in [-0.15, -0.1) is 0 Å². The second-order valence-corrected chi connectivity index (χ2v) is 3.00. The molecular weight excluding hydrogens is 198 g/mol. The molecule has 2 aromatic rings. The van der Waals surface area contributed by atoms with Gasteiger partial charge in [0.05, 0.1) is 0 Å². The van der Waals surface area contributed by atoms with E-state index in [9.17, 15) is 4.79 Å². The van der Waals surface area contributed by atoms with Crippen LogP contribution in [0.4, 0.5) is 5.82 Å². The molecule has 0 bridgehead atoms. The minimum atomic E-state index is -0.933. The number of fused-ring (bicyclic) bond motifs is 1. The molecule has 0 aliphatic rings. The number of aryl methyl sites for hydroxylation is 1. The van der Waals surface area contributed by atoms with E-state index in [0.29, 0.717) is 11.6 Å². The monoisotopic (exact) mass is 207 g/mol. The van der Waals surface area contributed by atoms with E-state index in [2.05, 4.69) is 20.4 Å². The normalized spacial score (nSPS) is 10.5. The van der Waals surface area contributed by atoms with Crippen molar-refractivity contribution in [1.82, 2.24) is 19.6 Å². The lowest BCUT2D eigenvalue weighted by Crippen LogP contribution is -2.15. The van der Waals surface area contributed by atoms with E-state index in [-0.39, 0.29) is 6.54 Å². The summed E-state index contributed by atoms with van der Waals surface area (Å²) in [4.78, 5) is 18.5. The van der Waals surface area contributed by atoms with Gasteiger partial charge in [-0.2, -0.15) is 14.6 Å². The Hall–Kier alpha value is -2.18. The summed E-state index contributed by atoms with van der Waals surface area (Å²) in [6.07, 6.45) is 1.37. The molecule has 2 N–H and O–H groups in total. The Morgan fingerprint density at radius 3 is 3.20 bits per heavy atom. The van der Waals surface area contributed by atoms with Gasteiger partial charge in [0, 0.05) is 11.8 Å². The van der Waals surface area contributed by atoms with E-state index in [1.165, 1.54) is 10.8 Å². The number of aromatic nitrogens is 4. The maximum absolute atomic E-state index is 10.4. The topological polar surface area (TPSA) is 92.4 Å². The van der Waals surface area contributed by atoms with Crippen LogP contribution in [0.25, 0.3) is 5.78 Å². The largest absolute Gasteiger partial charge is 0.480 e. The van der Waals surface area contributed by atoms with Gasteiger partial charge in [0.15, 0.2) is 0 Å². The molecule has 0 radical (unpaired) electrons. The molecule has 7 nitrogen and oxygen atoms in total. The maximum atomic E-state index is 10.4. The van der Waals surface area contributed by atoms with Crippen molar-refractivity contribution in [3.63, 3.8) is 0 Å². The number of hydrogen-bond donors (Lipinski definition) is 2. The van der Waals surface area contributed by atoms with E-state index in [4.69, 9.17) is 5.11 Å². The van der Waals surface area contributed by atoms with Crippen LogP contribution in [-0.2, 0) is 4.79 Å². The standard InChI is InChI=1S/C8H9N5O2/c1-5-2-6(9-3-7(14)15)13-8(12-5)10-4-11-13/h2,4,9H,3H2,1H3,(H,14,15). The lowest BCUT2D eigenvalue weighted by atomic mass is 10.4. The Bertz CT molecular complexity index is 507. The minimum Gasteiger partial charge on any atom is -0.480 e. The van der Waals surface area contributed by atoms with Crippen LogP contribution in [-0.4, -0.2) is 37.2 Å². The smallest absolute Gasteiger partial charge is 0.322 e. The third kappa shape index (κ3) is 1.85. The van der Waals surface area contributed by atoms with Crippen molar-refractivity contribution in [2.75, 3.05) is 11.9 Å². The van der Waals surface area contributed by atoms with E-state index < -0.39 is 5.97 Å². The van der Waals surface area contributed by atoms with Crippen molar-refractivity contribution in [1.29, 1.82) is 0 Å². The first kappa shape index (κ1) is 9.38. The molecule has 2 heterocycles. The Morgan fingerprint density at radius 2 is 2.47 bits per heavy atom. The summed E-state index contributed by atoms with van der Waals surface area (Å²) < 4.78 is 1.45. The Morgan fingerprint density at radius 1 is 1.67 bits per heavy atom. The molecule has 15 heavy (non-hydrogen) atoms. The second kappa shape index (κ2) is 3.52. The molecule has 2 aromatic heterocycles. The Balaban J connectivity index is 2.39. The third-order valence-electron chi connectivity index (χ3n) is 1.80. The molecule has 0 amide bonds. The molecule has 0 saturated heterocycles. The first-order valence-corrected chi connectivity index (χ1v) is 4.30. The fourth-order valence-electron chi connectivity index (χ4n) is 1.22. The number of carbonyl (C=O) groups is 1. The van der Waals surface area contributed by atoms with Crippen molar-refractivity contribution in [2.45, 2.75) is 6.92 Å². The average Bonchev–Trinajstić information content (AvgIpc) is 2.61. The lowest BCUT2D eigenvalue weighted by molar-refractivity contribution is -0.134. The van der Waals surface area contributed by atoms with Crippen LogP contribution < -0.4 is 5.32 Å². The number of nitrogens with zero attached hydrogens (tertiary/aromatic N) is 4. The van der Waals surface area contributed by atoms with E-state index in [1.54, 1.807) is 13.0 Å². The summed E-state index contributed by atoms with van der Waals surface area (Å²) >= 11 is 0. The zero-order chi connectivity index (χ0) is 10.8. The van der Waals surface area contributed by atoms with Crippen molar-refractivity contribution in [3.05, 3.63) is 18.1 Å². The van der Waals surface area contributed by atoms with E-state index >= 15 is 0 Å². The number of hydrogen-bond acceptors (Lipinski definition) is 5. The maximum Gasteiger partial charge on any atom is 0.322 e. The van der Waals surface area contributed by atoms with Gasteiger partial charge < -0.3 is 10.4 Å². The van der Waals surface area contributed by atoms with Crippen LogP contribution in [0, 0.1) is 6.92 Å². The Kier molecular flexibility index (Phi) is 2.20. The van der Waals surface area contributed by atoms with Crippen LogP contribution in [0.15, 0.2) is 12.4 Å². The summed E-state index contributed by atoms with van der Waals surface area (Å²) in [6, 6.07) is 1.71. The summed E-state index contributed by atoms with van der Waals surface area (Å²) in [7, 11) is 0. The minimum absolute atomic E-state index is 0.168. The highest BCUT2D eigenvalue weighted by Gasteiger charge is 2.05. The molecule has 0 atom stereocenters. The summed E-state index contributed by atoms with van der Waals surface area (Å²) in [6.45, 7) is 1.64. The number of anilines is 1. The molecule has 0 fully saturated rings. The van der Waals surface area contributed by atoms with Gasteiger partial charge in [-0.25, -0.2) is 4.98 Å².